The minimum atomic E-state index is -0.503. The molecule has 0 saturated heterocycles. The van der Waals surface area contributed by atoms with E-state index in [2.05, 4.69) is 10.3 Å². The van der Waals surface area contributed by atoms with Crippen LogP contribution in [0.5, 0.6) is 0 Å². The Kier molecular flexibility index (Phi) is 4.90. The van der Waals surface area contributed by atoms with E-state index in [1.165, 1.54) is 12.1 Å². The van der Waals surface area contributed by atoms with Gasteiger partial charge in [-0.3, -0.25) is 9.78 Å². The maximum absolute atomic E-state index is 13.5. The highest BCUT2D eigenvalue weighted by atomic mass is 19.1. The molecular formula is C21H22FN3O2. The Balaban J connectivity index is 1.64. The summed E-state index contributed by atoms with van der Waals surface area (Å²) in [5, 5.41) is 13.1. The van der Waals surface area contributed by atoms with Crippen molar-refractivity contribution in [3.8, 4) is 0 Å². The molecule has 27 heavy (non-hydrogen) atoms. The number of nitrogens with zero attached hydrogens (tertiary/aromatic N) is 2. The number of hydrogen-bond acceptors (Lipinski definition) is 3. The SMILES string of the molecule is O=C(NC1CCCC[C@@H]1O)c1cn(Cc2cccc(F)c2)c2cccnc12. The third-order valence-corrected chi connectivity index (χ3v) is 5.17. The molecule has 0 aliphatic heterocycles. The van der Waals surface area contributed by atoms with Gasteiger partial charge in [0.25, 0.3) is 5.91 Å². The van der Waals surface area contributed by atoms with Gasteiger partial charge in [-0.2, -0.15) is 0 Å². The summed E-state index contributed by atoms with van der Waals surface area (Å²) in [6, 6.07) is 9.91. The molecule has 0 radical (unpaired) electrons. The molecule has 140 valence electrons. The van der Waals surface area contributed by atoms with Gasteiger partial charge in [-0.05, 0) is 42.7 Å². The van der Waals surface area contributed by atoms with Crippen molar-refractivity contribution in [1.29, 1.82) is 0 Å². The zero-order valence-electron chi connectivity index (χ0n) is 14.9. The number of aliphatic hydroxyl groups is 1. The number of nitrogens with one attached hydrogen (secondary N) is 1. The van der Waals surface area contributed by atoms with Crippen LogP contribution in [0.2, 0.25) is 0 Å². The predicted molar refractivity (Wildman–Crippen MR) is 101 cm³/mol. The summed E-state index contributed by atoms with van der Waals surface area (Å²) in [6.45, 7) is 0.444. The number of pyridine rings is 1. The highest BCUT2D eigenvalue weighted by Crippen LogP contribution is 2.23. The monoisotopic (exact) mass is 367 g/mol. The lowest BCUT2D eigenvalue weighted by molar-refractivity contribution is 0.0718. The van der Waals surface area contributed by atoms with E-state index >= 15 is 0 Å². The lowest BCUT2D eigenvalue weighted by atomic mass is 9.92. The van der Waals surface area contributed by atoms with Crippen molar-refractivity contribution in [2.75, 3.05) is 0 Å². The Labute approximate surface area is 156 Å². The number of benzene rings is 1. The Bertz CT molecular complexity index is 969. The molecule has 4 rings (SSSR count). The van der Waals surface area contributed by atoms with E-state index in [1.807, 2.05) is 22.8 Å². The van der Waals surface area contributed by atoms with Crippen molar-refractivity contribution in [2.45, 2.75) is 44.4 Å². The summed E-state index contributed by atoms with van der Waals surface area (Å²) in [6.07, 6.45) is 6.39. The van der Waals surface area contributed by atoms with E-state index in [9.17, 15) is 14.3 Å². The van der Waals surface area contributed by atoms with Gasteiger partial charge in [0.15, 0.2) is 0 Å². The predicted octanol–water partition coefficient (Wildman–Crippen LogP) is 3.26. The quantitative estimate of drug-likeness (QED) is 0.744. The average molecular weight is 367 g/mol. The molecule has 6 heteroatoms. The molecule has 2 heterocycles. The van der Waals surface area contributed by atoms with Crippen LogP contribution in [-0.2, 0) is 6.54 Å². The van der Waals surface area contributed by atoms with Gasteiger partial charge in [0.2, 0.25) is 0 Å². The molecule has 1 fully saturated rings. The molecule has 2 atom stereocenters. The zero-order valence-corrected chi connectivity index (χ0v) is 14.9. The van der Waals surface area contributed by atoms with Gasteiger partial charge in [0.05, 0.1) is 23.2 Å². The normalized spacial score (nSPS) is 19.9. The molecule has 1 saturated carbocycles. The number of amides is 1. The van der Waals surface area contributed by atoms with Gasteiger partial charge in [-0.25, -0.2) is 4.39 Å². The highest BCUT2D eigenvalue weighted by molar-refractivity contribution is 6.05. The first-order chi connectivity index (χ1) is 13.1. The van der Waals surface area contributed by atoms with Crippen LogP contribution in [0.15, 0.2) is 48.8 Å². The summed E-state index contributed by atoms with van der Waals surface area (Å²) < 4.78 is 15.4. The molecule has 5 nitrogen and oxygen atoms in total. The first-order valence-corrected chi connectivity index (χ1v) is 9.29. The van der Waals surface area contributed by atoms with Gasteiger partial charge in [0, 0.05) is 18.9 Å². The highest BCUT2D eigenvalue weighted by Gasteiger charge is 2.26. The fourth-order valence-corrected chi connectivity index (χ4v) is 3.78. The Morgan fingerprint density at radius 2 is 2.11 bits per heavy atom. The second-order valence-corrected chi connectivity index (χ2v) is 7.10. The molecule has 1 unspecified atom stereocenters. The number of rotatable bonds is 4. The Morgan fingerprint density at radius 3 is 2.93 bits per heavy atom. The van der Waals surface area contributed by atoms with Crippen LogP contribution in [0, 0.1) is 5.82 Å². The molecule has 0 spiro atoms. The van der Waals surface area contributed by atoms with Crippen LogP contribution < -0.4 is 5.32 Å². The van der Waals surface area contributed by atoms with Crippen molar-refractivity contribution in [3.63, 3.8) is 0 Å². The maximum Gasteiger partial charge on any atom is 0.255 e. The number of aliphatic hydroxyl groups excluding tert-OH is 1. The molecule has 2 N–H and O–H groups in total. The number of carbonyl (C=O) groups is 1. The van der Waals surface area contributed by atoms with Gasteiger partial charge in [-0.1, -0.05) is 25.0 Å². The van der Waals surface area contributed by atoms with Crippen molar-refractivity contribution in [1.82, 2.24) is 14.9 Å². The second-order valence-electron chi connectivity index (χ2n) is 7.10. The Hall–Kier alpha value is -2.73. The first-order valence-electron chi connectivity index (χ1n) is 9.29. The lowest BCUT2D eigenvalue weighted by Gasteiger charge is -2.28. The van der Waals surface area contributed by atoms with Crippen molar-refractivity contribution < 1.29 is 14.3 Å². The number of halogens is 1. The van der Waals surface area contributed by atoms with Crippen LogP contribution in [0.3, 0.4) is 0 Å². The topological polar surface area (TPSA) is 67.2 Å². The third kappa shape index (κ3) is 3.71. The molecular weight excluding hydrogens is 345 g/mol. The number of carbonyl (C=O) groups excluding carboxylic acids is 1. The van der Waals surface area contributed by atoms with E-state index in [0.717, 1.165) is 30.3 Å². The molecule has 1 aliphatic rings. The smallest absolute Gasteiger partial charge is 0.255 e. The van der Waals surface area contributed by atoms with E-state index in [-0.39, 0.29) is 17.8 Å². The summed E-state index contributed by atoms with van der Waals surface area (Å²) >= 11 is 0. The lowest BCUT2D eigenvalue weighted by Crippen LogP contribution is -2.45. The number of aromatic nitrogens is 2. The van der Waals surface area contributed by atoms with Gasteiger partial charge < -0.3 is 15.0 Å². The molecule has 1 aliphatic carbocycles. The summed E-state index contributed by atoms with van der Waals surface area (Å²) in [7, 11) is 0. The summed E-state index contributed by atoms with van der Waals surface area (Å²) in [4.78, 5) is 17.2. The van der Waals surface area contributed by atoms with Crippen LogP contribution in [0.4, 0.5) is 4.39 Å². The van der Waals surface area contributed by atoms with E-state index in [0.29, 0.717) is 24.0 Å². The zero-order chi connectivity index (χ0) is 18.8. The third-order valence-electron chi connectivity index (χ3n) is 5.17. The van der Waals surface area contributed by atoms with Gasteiger partial charge in [-0.15, -0.1) is 0 Å². The second kappa shape index (κ2) is 7.48. The van der Waals surface area contributed by atoms with Gasteiger partial charge in [0.1, 0.15) is 11.3 Å². The maximum atomic E-state index is 13.5. The van der Waals surface area contributed by atoms with Crippen LogP contribution in [0.25, 0.3) is 11.0 Å². The largest absolute Gasteiger partial charge is 0.391 e. The van der Waals surface area contributed by atoms with Gasteiger partial charge >= 0.3 is 0 Å². The minimum absolute atomic E-state index is 0.225. The van der Waals surface area contributed by atoms with Crippen LogP contribution >= 0.6 is 0 Å². The minimum Gasteiger partial charge on any atom is -0.391 e. The molecule has 1 aromatic carbocycles. The van der Waals surface area contributed by atoms with E-state index < -0.39 is 6.10 Å². The van der Waals surface area contributed by atoms with Crippen molar-refractivity contribution >= 4 is 16.9 Å². The fraction of sp³-hybridized carbons (Fsp3) is 0.333. The number of fused-ring (bicyclic) bond motifs is 1. The fourth-order valence-electron chi connectivity index (χ4n) is 3.78. The standard InChI is InChI=1S/C21H22FN3O2/c22-15-6-3-5-14(11-15)12-25-13-16(20-18(25)8-4-10-23-20)21(27)24-17-7-1-2-9-19(17)26/h3-6,8,10-11,13,17,19,26H,1-2,7,9,12H2,(H,24,27)/t17?,19-/m0/s1. The van der Waals surface area contributed by atoms with Crippen molar-refractivity contribution in [2.24, 2.45) is 0 Å². The molecule has 1 amide bonds. The van der Waals surface area contributed by atoms with E-state index in [1.54, 1.807) is 18.5 Å². The summed E-state index contributed by atoms with van der Waals surface area (Å²) in [5.41, 5.74) is 2.71. The molecule has 3 aromatic rings. The average Bonchev–Trinajstić information content (AvgIpc) is 3.02. The molecule has 0 bridgehead atoms. The van der Waals surface area contributed by atoms with Crippen LogP contribution in [-0.4, -0.2) is 32.7 Å². The van der Waals surface area contributed by atoms with Crippen LogP contribution in [0.1, 0.15) is 41.6 Å². The summed E-state index contributed by atoms with van der Waals surface area (Å²) in [5.74, 6) is -0.519. The Morgan fingerprint density at radius 1 is 1.26 bits per heavy atom. The first kappa shape index (κ1) is 17.7. The van der Waals surface area contributed by atoms with E-state index in [4.69, 9.17) is 0 Å². The molecule has 2 aromatic heterocycles. The van der Waals surface area contributed by atoms with Crippen molar-refractivity contribution in [3.05, 3.63) is 65.7 Å². The number of hydrogen-bond donors (Lipinski definition) is 2.